The van der Waals surface area contributed by atoms with Crippen LogP contribution in [0.25, 0.3) is 0 Å². The molecule has 0 spiro atoms. The Morgan fingerprint density at radius 1 is 1.14 bits per heavy atom. The standard InChI is InChI=1S/C17H24N4/c18-12-17-16(4-3-7-19-17)14-21-10-5-15(6-11-21)13-20-8-1-2-9-20/h3-4,7,15H,1-2,5-6,8-11,13-14H2. The fraction of sp³-hybridized carbons (Fsp3) is 0.647. The quantitative estimate of drug-likeness (QED) is 0.850. The highest BCUT2D eigenvalue weighted by Crippen LogP contribution is 2.22. The van der Waals surface area contributed by atoms with Crippen molar-refractivity contribution in [1.82, 2.24) is 14.8 Å². The Kier molecular flexibility index (Phi) is 4.84. The van der Waals surface area contributed by atoms with Gasteiger partial charge in [-0.25, -0.2) is 4.98 Å². The molecule has 2 aliphatic heterocycles. The molecule has 1 aromatic rings. The first-order valence-electron chi connectivity index (χ1n) is 8.14. The second-order valence-electron chi connectivity index (χ2n) is 6.35. The molecular formula is C17H24N4. The van der Waals surface area contributed by atoms with E-state index in [2.05, 4.69) is 20.9 Å². The van der Waals surface area contributed by atoms with E-state index < -0.39 is 0 Å². The zero-order chi connectivity index (χ0) is 14.5. The van der Waals surface area contributed by atoms with Crippen LogP contribution in [0.3, 0.4) is 0 Å². The molecule has 0 unspecified atom stereocenters. The second-order valence-corrected chi connectivity index (χ2v) is 6.35. The lowest BCUT2D eigenvalue weighted by Crippen LogP contribution is -2.37. The third-order valence-corrected chi connectivity index (χ3v) is 4.81. The van der Waals surface area contributed by atoms with Crippen molar-refractivity contribution >= 4 is 0 Å². The molecule has 4 nitrogen and oxygen atoms in total. The van der Waals surface area contributed by atoms with Gasteiger partial charge in [-0.1, -0.05) is 6.07 Å². The first-order chi connectivity index (χ1) is 10.3. The Labute approximate surface area is 127 Å². The van der Waals surface area contributed by atoms with E-state index in [0.29, 0.717) is 5.69 Å². The van der Waals surface area contributed by atoms with Crippen LogP contribution < -0.4 is 0 Å². The summed E-state index contributed by atoms with van der Waals surface area (Å²) in [5.74, 6) is 0.865. The predicted octanol–water partition coefficient (Wildman–Crippen LogP) is 2.26. The smallest absolute Gasteiger partial charge is 0.144 e. The summed E-state index contributed by atoms with van der Waals surface area (Å²) in [4.78, 5) is 9.26. The van der Waals surface area contributed by atoms with Gasteiger partial charge in [0.25, 0.3) is 0 Å². The summed E-state index contributed by atoms with van der Waals surface area (Å²) >= 11 is 0. The number of likely N-dealkylation sites (tertiary alicyclic amines) is 2. The van der Waals surface area contributed by atoms with Crippen LogP contribution in [0.2, 0.25) is 0 Å². The van der Waals surface area contributed by atoms with Crippen molar-refractivity contribution in [3.05, 3.63) is 29.6 Å². The lowest BCUT2D eigenvalue weighted by atomic mass is 9.96. The van der Waals surface area contributed by atoms with Gasteiger partial charge < -0.3 is 4.90 Å². The molecule has 2 fully saturated rings. The van der Waals surface area contributed by atoms with E-state index in [9.17, 15) is 0 Å². The third-order valence-electron chi connectivity index (χ3n) is 4.81. The minimum absolute atomic E-state index is 0.580. The molecule has 3 rings (SSSR count). The number of hydrogen-bond donors (Lipinski definition) is 0. The van der Waals surface area contributed by atoms with Gasteiger partial charge in [0.2, 0.25) is 0 Å². The molecular weight excluding hydrogens is 260 g/mol. The Bertz CT molecular complexity index is 494. The zero-order valence-electron chi connectivity index (χ0n) is 12.7. The summed E-state index contributed by atoms with van der Waals surface area (Å²) in [5.41, 5.74) is 1.65. The number of piperidine rings is 1. The highest BCUT2D eigenvalue weighted by atomic mass is 15.2. The molecule has 0 atom stereocenters. The van der Waals surface area contributed by atoms with Crippen molar-refractivity contribution in [3.63, 3.8) is 0 Å². The number of hydrogen-bond acceptors (Lipinski definition) is 4. The molecule has 3 heterocycles. The lowest BCUT2D eigenvalue weighted by Gasteiger charge is -2.33. The average molecular weight is 284 g/mol. The first kappa shape index (κ1) is 14.5. The van der Waals surface area contributed by atoms with Crippen LogP contribution in [0, 0.1) is 17.2 Å². The van der Waals surface area contributed by atoms with Crippen molar-refractivity contribution in [1.29, 1.82) is 5.26 Å². The summed E-state index contributed by atoms with van der Waals surface area (Å²) in [6, 6.07) is 6.15. The van der Waals surface area contributed by atoms with Gasteiger partial charge in [0.05, 0.1) is 0 Å². The van der Waals surface area contributed by atoms with Crippen LogP contribution in [-0.4, -0.2) is 47.5 Å². The highest BCUT2D eigenvalue weighted by Gasteiger charge is 2.23. The van der Waals surface area contributed by atoms with E-state index in [1.807, 2.05) is 12.1 Å². The van der Waals surface area contributed by atoms with Crippen LogP contribution >= 0.6 is 0 Å². The Hall–Kier alpha value is -1.44. The normalized spacial score (nSPS) is 21.5. The first-order valence-corrected chi connectivity index (χ1v) is 8.14. The van der Waals surface area contributed by atoms with E-state index in [4.69, 9.17) is 5.26 Å². The summed E-state index contributed by atoms with van der Waals surface area (Å²) in [7, 11) is 0. The maximum Gasteiger partial charge on any atom is 0.144 e. The molecule has 0 N–H and O–H groups in total. The number of rotatable bonds is 4. The maximum atomic E-state index is 9.11. The van der Waals surface area contributed by atoms with Gasteiger partial charge >= 0.3 is 0 Å². The molecule has 0 aliphatic carbocycles. The molecule has 4 heteroatoms. The molecule has 21 heavy (non-hydrogen) atoms. The van der Waals surface area contributed by atoms with Crippen LogP contribution in [-0.2, 0) is 6.54 Å². The Balaban J connectivity index is 1.48. The van der Waals surface area contributed by atoms with Gasteiger partial charge in [-0.05, 0) is 63.8 Å². The Morgan fingerprint density at radius 2 is 1.90 bits per heavy atom. The third kappa shape index (κ3) is 3.81. The van der Waals surface area contributed by atoms with E-state index in [1.54, 1.807) is 6.20 Å². The van der Waals surface area contributed by atoms with Crippen LogP contribution in [0.5, 0.6) is 0 Å². The van der Waals surface area contributed by atoms with Gasteiger partial charge in [-0.15, -0.1) is 0 Å². The molecule has 0 radical (unpaired) electrons. The minimum Gasteiger partial charge on any atom is -0.303 e. The van der Waals surface area contributed by atoms with Crippen LogP contribution in [0.15, 0.2) is 18.3 Å². The summed E-state index contributed by atoms with van der Waals surface area (Å²) in [6.45, 7) is 7.08. The second kappa shape index (κ2) is 7.02. The van der Waals surface area contributed by atoms with Gasteiger partial charge in [0.15, 0.2) is 0 Å². The molecule has 0 amide bonds. The van der Waals surface area contributed by atoms with Gasteiger partial charge in [-0.3, -0.25) is 4.90 Å². The van der Waals surface area contributed by atoms with Gasteiger partial charge in [-0.2, -0.15) is 5.26 Å². The zero-order valence-corrected chi connectivity index (χ0v) is 12.7. The number of nitrogens with zero attached hydrogens (tertiary/aromatic N) is 4. The summed E-state index contributed by atoms with van der Waals surface area (Å²) < 4.78 is 0. The molecule has 2 aliphatic rings. The van der Waals surface area contributed by atoms with Crippen LogP contribution in [0.4, 0.5) is 0 Å². The molecule has 0 aromatic carbocycles. The van der Waals surface area contributed by atoms with E-state index in [1.165, 1.54) is 45.3 Å². The highest BCUT2D eigenvalue weighted by molar-refractivity contribution is 5.30. The lowest BCUT2D eigenvalue weighted by molar-refractivity contribution is 0.148. The predicted molar refractivity (Wildman–Crippen MR) is 82.6 cm³/mol. The SMILES string of the molecule is N#Cc1ncccc1CN1CCC(CN2CCCC2)CC1. The largest absolute Gasteiger partial charge is 0.303 e. The maximum absolute atomic E-state index is 9.11. The molecule has 1 aromatic heterocycles. The van der Waals surface area contributed by atoms with Crippen molar-refractivity contribution in [2.45, 2.75) is 32.2 Å². The summed E-state index contributed by atoms with van der Waals surface area (Å²) in [6.07, 6.45) is 7.05. The van der Waals surface area contributed by atoms with Crippen molar-refractivity contribution in [2.24, 2.45) is 5.92 Å². The molecule has 0 saturated carbocycles. The van der Waals surface area contributed by atoms with Gasteiger partial charge in [0, 0.05) is 24.8 Å². The Morgan fingerprint density at radius 3 is 2.62 bits per heavy atom. The molecule has 2 saturated heterocycles. The van der Waals surface area contributed by atoms with E-state index in [0.717, 1.165) is 31.1 Å². The fourth-order valence-electron chi connectivity index (χ4n) is 3.57. The van der Waals surface area contributed by atoms with E-state index >= 15 is 0 Å². The molecule has 112 valence electrons. The number of nitriles is 1. The minimum atomic E-state index is 0.580. The van der Waals surface area contributed by atoms with Crippen molar-refractivity contribution in [3.8, 4) is 6.07 Å². The fourth-order valence-corrected chi connectivity index (χ4v) is 3.57. The topological polar surface area (TPSA) is 43.2 Å². The summed E-state index contributed by atoms with van der Waals surface area (Å²) in [5, 5.41) is 9.11. The van der Waals surface area contributed by atoms with E-state index in [-0.39, 0.29) is 0 Å². The number of aromatic nitrogens is 1. The van der Waals surface area contributed by atoms with Crippen molar-refractivity contribution < 1.29 is 0 Å². The average Bonchev–Trinajstić information content (AvgIpc) is 3.03. The number of pyridine rings is 1. The van der Waals surface area contributed by atoms with Gasteiger partial charge in [0.1, 0.15) is 11.8 Å². The monoisotopic (exact) mass is 284 g/mol. The van der Waals surface area contributed by atoms with Crippen molar-refractivity contribution in [2.75, 3.05) is 32.7 Å². The molecule has 0 bridgehead atoms. The van der Waals surface area contributed by atoms with Crippen LogP contribution in [0.1, 0.15) is 36.9 Å².